The first kappa shape index (κ1) is 9.85. The van der Waals surface area contributed by atoms with Gasteiger partial charge in [0.05, 0.1) is 24.8 Å². The molecule has 3 rings (SSSR count). The van der Waals surface area contributed by atoms with Crippen molar-refractivity contribution in [2.45, 2.75) is 25.8 Å². The fourth-order valence-corrected chi connectivity index (χ4v) is 2.12. The number of rotatable bonds is 2. The van der Waals surface area contributed by atoms with E-state index in [9.17, 15) is 0 Å². The van der Waals surface area contributed by atoms with Crippen LogP contribution in [0.3, 0.4) is 0 Å². The minimum atomic E-state index is 0.437. The van der Waals surface area contributed by atoms with Crippen molar-refractivity contribution >= 4 is 10.9 Å². The maximum Gasteiger partial charge on any atom is 0.0985 e. The van der Waals surface area contributed by atoms with Gasteiger partial charge >= 0.3 is 0 Å². The van der Waals surface area contributed by atoms with Crippen molar-refractivity contribution in [3.05, 3.63) is 30.0 Å². The Hall–Kier alpha value is -1.35. The van der Waals surface area contributed by atoms with Gasteiger partial charge in [-0.2, -0.15) is 5.10 Å². The lowest BCUT2D eigenvalue weighted by atomic mass is 10.0. The summed E-state index contributed by atoms with van der Waals surface area (Å²) in [4.78, 5) is 0. The average Bonchev–Trinajstić information content (AvgIpc) is 2.56. The Balaban J connectivity index is 2.12. The second kappa shape index (κ2) is 3.59. The lowest BCUT2D eigenvalue weighted by molar-refractivity contribution is -0.0283. The number of fused-ring (bicyclic) bond motifs is 1. The lowest BCUT2D eigenvalue weighted by Gasteiger charge is -2.25. The van der Waals surface area contributed by atoms with Crippen LogP contribution in [0.15, 0.2) is 24.4 Å². The summed E-state index contributed by atoms with van der Waals surface area (Å²) < 4.78 is 7.26. The molecule has 3 nitrogen and oxygen atoms in total. The molecule has 1 aliphatic rings. The number of nitrogens with zero attached hydrogens (tertiary/aromatic N) is 2. The molecule has 0 saturated carbocycles. The smallest absolute Gasteiger partial charge is 0.0985 e. The highest BCUT2D eigenvalue weighted by atomic mass is 16.5. The first-order valence-corrected chi connectivity index (χ1v) is 5.81. The zero-order chi connectivity index (χ0) is 11.1. The summed E-state index contributed by atoms with van der Waals surface area (Å²) >= 11 is 0. The number of aromatic nitrogens is 2. The largest absolute Gasteiger partial charge is 0.377 e. The molecule has 16 heavy (non-hydrogen) atoms. The van der Waals surface area contributed by atoms with Crippen LogP contribution in [0.5, 0.6) is 0 Å². The SMILES string of the molecule is CC(C)c1cccc2cn(C3COC3)nc12. The topological polar surface area (TPSA) is 27.1 Å². The van der Waals surface area contributed by atoms with E-state index >= 15 is 0 Å². The van der Waals surface area contributed by atoms with Crippen molar-refractivity contribution in [2.24, 2.45) is 0 Å². The number of ether oxygens (including phenoxy) is 1. The Morgan fingerprint density at radius 3 is 2.81 bits per heavy atom. The molecule has 0 amide bonds. The summed E-state index contributed by atoms with van der Waals surface area (Å²) in [5.74, 6) is 0.518. The first-order valence-electron chi connectivity index (χ1n) is 5.81. The van der Waals surface area contributed by atoms with E-state index in [-0.39, 0.29) is 0 Å². The van der Waals surface area contributed by atoms with Crippen LogP contribution < -0.4 is 0 Å². The summed E-state index contributed by atoms with van der Waals surface area (Å²) in [6.45, 7) is 6.01. The summed E-state index contributed by atoms with van der Waals surface area (Å²) in [6, 6.07) is 6.85. The Bertz CT molecular complexity index is 512. The zero-order valence-corrected chi connectivity index (χ0v) is 9.68. The van der Waals surface area contributed by atoms with Gasteiger partial charge in [-0.15, -0.1) is 0 Å². The Labute approximate surface area is 95.0 Å². The molecule has 84 valence electrons. The predicted octanol–water partition coefficient (Wildman–Crippen LogP) is 2.73. The van der Waals surface area contributed by atoms with Crippen LogP contribution in [0.1, 0.15) is 31.4 Å². The van der Waals surface area contributed by atoms with E-state index in [2.05, 4.69) is 42.9 Å². The lowest BCUT2D eigenvalue weighted by Crippen LogP contribution is -2.30. The first-order chi connectivity index (χ1) is 7.75. The van der Waals surface area contributed by atoms with Crippen LogP contribution in [-0.4, -0.2) is 23.0 Å². The van der Waals surface area contributed by atoms with Crippen molar-refractivity contribution in [3.8, 4) is 0 Å². The number of hydrogen-bond acceptors (Lipinski definition) is 2. The third kappa shape index (κ3) is 1.43. The van der Waals surface area contributed by atoms with E-state index < -0.39 is 0 Å². The molecule has 2 heterocycles. The molecule has 3 heteroatoms. The Kier molecular flexibility index (Phi) is 2.21. The molecule has 0 bridgehead atoms. The Morgan fingerprint density at radius 2 is 2.19 bits per heavy atom. The molecule has 1 aliphatic heterocycles. The van der Waals surface area contributed by atoms with Crippen molar-refractivity contribution in [3.63, 3.8) is 0 Å². The number of benzene rings is 1. The van der Waals surface area contributed by atoms with E-state index in [1.165, 1.54) is 10.9 Å². The van der Waals surface area contributed by atoms with Gasteiger partial charge in [-0.3, -0.25) is 4.68 Å². The minimum absolute atomic E-state index is 0.437. The molecule has 1 saturated heterocycles. The van der Waals surface area contributed by atoms with Gasteiger partial charge in [0, 0.05) is 11.6 Å². The Morgan fingerprint density at radius 1 is 1.38 bits per heavy atom. The molecule has 1 fully saturated rings. The van der Waals surface area contributed by atoms with Crippen molar-refractivity contribution in [2.75, 3.05) is 13.2 Å². The average molecular weight is 216 g/mol. The fourth-order valence-electron chi connectivity index (χ4n) is 2.12. The molecule has 0 N–H and O–H groups in total. The van der Waals surface area contributed by atoms with Crippen molar-refractivity contribution in [1.82, 2.24) is 9.78 Å². The molecular weight excluding hydrogens is 200 g/mol. The maximum absolute atomic E-state index is 5.20. The molecule has 0 unspecified atom stereocenters. The molecule has 0 aliphatic carbocycles. The van der Waals surface area contributed by atoms with Gasteiger partial charge in [-0.05, 0) is 11.5 Å². The molecule has 1 aromatic carbocycles. The summed E-state index contributed by atoms with van der Waals surface area (Å²) in [5, 5.41) is 5.93. The summed E-state index contributed by atoms with van der Waals surface area (Å²) in [7, 11) is 0. The van der Waals surface area contributed by atoms with Crippen LogP contribution in [-0.2, 0) is 4.74 Å². The number of hydrogen-bond donors (Lipinski definition) is 0. The molecule has 1 aromatic heterocycles. The maximum atomic E-state index is 5.20. The van der Waals surface area contributed by atoms with Gasteiger partial charge in [0.25, 0.3) is 0 Å². The highest BCUT2D eigenvalue weighted by molar-refractivity contribution is 5.81. The van der Waals surface area contributed by atoms with Gasteiger partial charge in [-0.1, -0.05) is 32.0 Å². The second-order valence-corrected chi connectivity index (χ2v) is 4.74. The van der Waals surface area contributed by atoms with Gasteiger partial charge in [0.15, 0.2) is 0 Å². The zero-order valence-electron chi connectivity index (χ0n) is 9.68. The third-order valence-corrected chi connectivity index (χ3v) is 3.20. The summed E-state index contributed by atoms with van der Waals surface area (Å²) in [5.41, 5.74) is 2.47. The highest BCUT2D eigenvalue weighted by Crippen LogP contribution is 2.26. The molecule has 0 radical (unpaired) electrons. The van der Waals surface area contributed by atoms with Crippen molar-refractivity contribution in [1.29, 1.82) is 0 Å². The van der Waals surface area contributed by atoms with Crippen LogP contribution >= 0.6 is 0 Å². The van der Waals surface area contributed by atoms with Gasteiger partial charge < -0.3 is 4.74 Å². The molecule has 0 spiro atoms. The molecular formula is C13H16N2O. The van der Waals surface area contributed by atoms with E-state index in [1.54, 1.807) is 0 Å². The van der Waals surface area contributed by atoms with Crippen LogP contribution in [0, 0.1) is 0 Å². The van der Waals surface area contributed by atoms with E-state index in [0.29, 0.717) is 12.0 Å². The van der Waals surface area contributed by atoms with Gasteiger partial charge in [0.1, 0.15) is 0 Å². The standard InChI is InChI=1S/C13H16N2O/c1-9(2)12-5-3-4-10-6-15(14-13(10)12)11-7-16-8-11/h3-6,9,11H,7-8H2,1-2H3. The quantitative estimate of drug-likeness (QED) is 0.771. The normalized spacial score (nSPS) is 16.9. The van der Waals surface area contributed by atoms with Crippen molar-refractivity contribution < 1.29 is 4.74 Å². The van der Waals surface area contributed by atoms with E-state index in [0.717, 1.165) is 18.7 Å². The fraction of sp³-hybridized carbons (Fsp3) is 0.462. The highest BCUT2D eigenvalue weighted by Gasteiger charge is 2.22. The van der Waals surface area contributed by atoms with E-state index in [4.69, 9.17) is 9.84 Å². The third-order valence-electron chi connectivity index (χ3n) is 3.20. The summed E-state index contributed by atoms with van der Waals surface area (Å²) in [6.07, 6.45) is 2.13. The second-order valence-electron chi connectivity index (χ2n) is 4.74. The van der Waals surface area contributed by atoms with Crippen LogP contribution in [0.4, 0.5) is 0 Å². The van der Waals surface area contributed by atoms with Crippen LogP contribution in [0.2, 0.25) is 0 Å². The van der Waals surface area contributed by atoms with Gasteiger partial charge in [0.2, 0.25) is 0 Å². The predicted molar refractivity (Wildman–Crippen MR) is 63.7 cm³/mol. The monoisotopic (exact) mass is 216 g/mol. The van der Waals surface area contributed by atoms with E-state index in [1.807, 2.05) is 0 Å². The molecule has 0 atom stereocenters. The van der Waals surface area contributed by atoms with Crippen LogP contribution in [0.25, 0.3) is 10.9 Å². The van der Waals surface area contributed by atoms with Gasteiger partial charge in [-0.25, -0.2) is 0 Å². The minimum Gasteiger partial charge on any atom is -0.377 e. The molecule has 2 aromatic rings.